The van der Waals surface area contributed by atoms with Crippen molar-refractivity contribution >= 4 is 0 Å². The summed E-state index contributed by atoms with van der Waals surface area (Å²) in [5, 5.41) is 14.8. The first-order valence-electron chi connectivity index (χ1n) is 6.98. The number of aromatic nitrogens is 2. The molecule has 4 nitrogen and oxygen atoms in total. The van der Waals surface area contributed by atoms with E-state index in [9.17, 15) is 5.11 Å². The van der Waals surface area contributed by atoms with Gasteiger partial charge in [-0.15, -0.1) is 0 Å². The van der Waals surface area contributed by atoms with Crippen LogP contribution in [0.3, 0.4) is 0 Å². The number of hydrogen-bond donors (Lipinski definition) is 1. The van der Waals surface area contributed by atoms with Crippen molar-refractivity contribution in [1.82, 2.24) is 9.78 Å². The number of methoxy groups -OCH3 is 1. The molecule has 1 N–H and O–H groups in total. The topological polar surface area (TPSA) is 47.3 Å². The normalized spacial score (nSPS) is 20.2. The Kier molecular flexibility index (Phi) is 4.64. The van der Waals surface area contributed by atoms with E-state index in [1.165, 1.54) is 32.1 Å². The summed E-state index contributed by atoms with van der Waals surface area (Å²) >= 11 is 0. The summed E-state index contributed by atoms with van der Waals surface area (Å²) in [5.74, 6) is 1.04. The second-order valence-corrected chi connectivity index (χ2v) is 5.27. The van der Waals surface area contributed by atoms with Crippen molar-refractivity contribution in [2.24, 2.45) is 13.0 Å². The van der Waals surface area contributed by atoms with Gasteiger partial charge in [0.2, 0.25) is 0 Å². The number of hydrogen-bond acceptors (Lipinski definition) is 3. The van der Waals surface area contributed by atoms with Crippen LogP contribution in [-0.4, -0.2) is 22.0 Å². The summed E-state index contributed by atoms with van der Waals surface area (Å²) in [6.07, 6.45) is 9.83. The first kappa shape index (κ1) is 13.4. The molecule has 1 unspecified atom stereocenters. The molecule has 1 fully saturated rings. The lowest BCUT2D eigenvalue weighted by molar-refractivity contribution is 0.0814. The second kappa shape index (κ2) is 6.23. The van der Waals surface area contributed by atoms with Gasteiger partial charge in [0.1, 0.15) is 11.8 Å². The van der Waals surface area contributed by atoms with Gasteiger partial charge in [-0.05, 0) is 18.8 Å². The predicted octanol–water partition coefficient (Wildman–Crippen LogP) is 2.82. The molecular weight excluding hydrogens is 228 g/mol. The fraction of sp³-hybridized carbons (Fsp3) is 0.786. The third kappa shape index (κ3) is 2.86. The predicted molar refractivity (Wildman–Crippen MR) is 70.5 cm³/mol. The van der Waals surface area contributed by atoms with Crippen molar-refractivity contribution in [3.63, 3.8) is 0 Å². The first-order valence-corrected chi connectivity index (χ1v) is 6.98. The van der Waals surface area contributed by atoms with E-state index >= 15 is 0 Å². The SMILES string of the molecule is COc1cnn(C)c1C(O)C1CCCCCCC1. The van der Waals surface area contributed by atoms with Crippen LogP contribution in [0.25, 0.3) is 0 Å². The number of rotatable bonds is 3. The zero-order chi connectivity index (χ0) is 13.0. The number of aliphatic hydroxyl groups excluding tert-OH is 1. The van der Waals surface area contributed by atoms with Crippen LogP contribution in [0, 0.1) is 5.92 Å². The molecule has 102 valence electrons. The Hall–Kier alpha value is -1.03. The van der Waals surface area contributed by atoms with E-state index in [4.69, 9.17) is 4.74 Å². The van der Waals surface area contributed by atoms with E-state index in [1.54, 1.807) is 18.0 Å². The van der Waals surface area contributed by atoms with Crippen molar-refractivity contribution in [3.8, 4) is 5.75 Å². The van der Waals surface area contributed by atoms with Crippen LogP contribution in [0.15, 0.2) is 6.20 Å². The average molecular weight is 252 g/mol. The highest BCUT2D eigenvalue weighted by molar-refractivity contribution is 5.27. The summed E-state index contributed by atoms with van der Waals surface area (Å²) in [5.41, 5.74) is 0.822. The van der Waals surface area contributed by atoms with Crippen molar-refractivity contribution in [2.75, 3.05) is 7.11 Å². The quantitative estimate of drug-likeness (QED) is 0.899. The molecule has 1 saturated carbocycles. The largest absolute Gasteiger partial charge is 0.493 e. The minimum Gasteiger partial charge on any atom is -0.493 e. The average Bonchev–Trinajstić information content (AvgIpc) is 2.69. The number of aryl methyl sites for hydroxylation is 1. The Morgan fingerprint density at radius 3 is 2.50 bits per heavy atom. The Labute approximate surface area is 109 Å². The van der Waals surface area contributed by atoms with E-state index in [-0.39, 0.29) is 0 Å². The molecular formula is C14H24N2O2. The summed E-state index contributed by atoms with van der Waals surface area (Å²) in [4.78, 5) is 0. The molecule has 0 spiro atoms. The molecule has 18 heavy (non-hydrogen) atoms. The number of nitrogens with zero attached hydrogens (tertiary/aromatic N) is 2. The smallest absolute Gasteiger partial charge is 0.162 e. The maximum Gasteiger partial charge on any atom is 0.162 e. The third-order valence-corrected chi connectivity index (χ3v) is 4.05. The van der Waals surface area contributed by atoms with Gasteiger partial charge in [-0.25, -0.2) is 0 Å². The standard InChI is InChI=1S/C14H24N2O2/c1-16-13(12(18-2)10-15-16)14(17)11-8-6-4-3-5-7-9-11/h10-11,14,17H,3-9H2,1-2H3. The van der Waals surface area contributed by atoms with E-state index in [2.05, 4.69) is 5.10 Å². The minimum atomic E-state index is -0.453. The van der Waals surface area contributed by atoms with Crippen LogP contribution in [0.5, 0.6) is 5.75 Å². The van der Waals surface area contributed by atoms with Crippen LogP contribution in [0.2, 0.25) is 0 Å². The Balaban J connectivity index is 2.12. The van der Waals surface area contributed by atoms with Crippen LogP contribution in [-0.2, 0) is 7.05 Å². The van der Waals surface area contributed by atoms with Crippen LogP contribution >= 0.6 is 0 Å². The Bertz CT molecular complexity index is 368. The van der Waals surface area contributed by atoms with Crippen molar-refractivity contribution in [2.45, 2.75) is 51.0 Å². The van der Waals surface area contributed by atoms with Gasteiger partial charge in [-0.3, -0.25) is 4.68 Å². The first-order chi connectivity index (χ1) is 8.74. The van der Waals surface area contributed by atoms with E-state index < -0.39 is 6.10 Å². The van der Waals surface area contributed by atoms with E-state index in [1.807, 2.05) is 7.05 Å². The zero-order valence-electron chi connectivity index (χ0n) is 11.4. The van der Waals surface area contributed by atoms with E-state index in [0.29, 0.717) is 11.7 Å². The highest BCUT2D eigenvalue weighted by Crippen LogP contribution is 2.36. The molecule has 4 heteroatoms. The van der Waals surface area contributed by atoms with E-state index in [0.717, 1.165) is 18.5 Å². The maximum absolute atomic E-state index is 10.6. The van der Waals surface area contributed by atoms with Gasteiger partial charge in [-0.1, -0.05) is 32.1 Å². The van der Waals surface area contributed by atoms with Gasteiger partial charge in [0.25, 0.3) is 0 Å². The highest BCUT2D eigenvalue weighted by Gasteiger charge is 2.27. The van der Waals surface area contributed by atoms with Crippen molar-refractivity contribution in [3.05, 3.63) is 11.9 Å². The Morgan fingerprint density at radius 1 is 1.28 bits per heavy atom. The summed E-state index contributed by atoms with van der Waals surface area (Å²) < 4.78 is 7.03. The van der Waals surface area contributed by atoms with Gasteiger partial charge in [0.15, 0.2) is 5.75 Å². The molecule has 0 aliphatic heterocycles. The minimum absolute atomic E-state index is 0.342. The summed E-state index contributed by atoms with van der Waals surface area (Å²) in [6.45, 7) is 0. The molecule has 0 aromatic carbocycles. The second-order valence-electron chi connectivity index (χ2n) is 5.27. The molecule has 1 aliphatic rings. The summed E-state index contributed by atoms with van der Waals surface area (Å²) in [7, 11) is 3.50. The molecule has 1 aromatic rings. The molecule has 2 rings (SSSR count). The number of aliphatic hydroxyl groups is 1. The fourth-order valence-corrected chi connectivity index (χ4v) is 2.95. The van der Waals surface area contributed by atoms with Crippen LogP contribution in [0.4, 0.5) is 0 Å². The molecule has 1 heterocycles. The lowest BCUT2D eigenvalue weighted by Gasteiger charge is -2.25. The van der Waals surface area contributed by atoms with Gasteiger partial charge in [-0.2, -0.15) is 5.10 Å². The van der Waals surface area contributed by atoms with Crippen LogP contribution < -0.4 is 4.74 Å². The third-order valence-electron chi connectivity index (χ3n) is 4.05. The molecule has 0 bridgehead atoms. The van der Waals surface area contributed by atoms with Gasteiger partial charge in [0, 0.05) is 7.05 Å². The number of ether oxygens (including phenoxy) is 1. The van der Waals surface area contributed by atoms with Gasteiger partial charge >= 0.3 is 0 Å². The molecule has 0 radical (unpaired) electrons. The van der Waals surface area contributed by atoms with Gasteiger partial charge < -0.3 is 9.84 Å². The van der Waals surface area contributed by atoms with Crippen molar-refractivity contribution in [1.29, 1.82) is 0 Å². The Morgan fingerprint density at radius 2 is 1.89 bits per heavy atom. The lowest BCUT2D eigenvalue weighted by Crippen LogP contribution is -2.17. The molecule has 1 atom stereocenters. The van der Waals surface area contributed by atoms with Crippen molar-refractivity contribution < 1.29 is 9.84 Å². The maximum atomic E-state index is 10.6. The highest BCUT2D eigenvalue weighted by atomic mass is 16.5. The summed E-state index contributed by atoms with van der Waals surface area (Å²) in [6, 6.07) is 0. The monoisotopic (exact) mass is 252 g/mol. The molecule has 0 saturated heterocycles. The fourth-order valence-electron chi connectivity index (χ4n) is 2.95. The molecule has 1 aromatic heterocycles. The van der Waals surface area contributed by atoms with Crippen LogP contribution in [0.1, 0.15) is 56.7 Å². The lowest BCUT2D eigenvalue weighted by atomic mass is 9.86. The molecule has 0 amide bonds. The zero-order valence-corrected chi connectivity index (χ0v) is 11.4. The molecule has 1 aliphatic carbocycles. The van der Waals surface area contributed by atoms with Gasteiger partial charge in [0.05, 0.1) is 13.3 Å².